The van der Waals surface area contributed by atoms with Crippen LogP contribution in [-0.2, 0) is 9.59 Å². The van der Waals surface area contributed by atoms with E-state index in [9.17, 15) is 14.7 Å². The molecule has 5 nitrogen and oxygen atoms in total. The number of nitrogens with zero attached hydrogens (tertiary/aromatic N) is 2. The van der Waals surface area contributed by atoms with Crippen LogP contribution in [0.2, 0.25) is 0 Å². The average Bonchev–Trinajstić information content (AvgIpc) is 2.99. The third-order valence-electron chi connectivity index (χ3n) is 4.94. The first-order valence-electron chi connectivity index (χ1n) is 8.31. The second-order valence-corrected chi connectivity index (χ2v) is 6.55. The number of rotatable bonds is 6. The largest absolute Gasteiger partial charge is 0.481 e. The molecule has 21 heavy (non-hydrogen) atoms. The Bertz CT molecular complexity index is 376. The zero-order chi connectivity index (χ0) is 15.3. The molecule has 0 aromatic rings. The van der Waals surface area contributed by atoms with Crippen LogP contribution in [-0.4, -0.2) is 59.5 Å². The molecule has 0 unspecified atom stereocenters. The van der Waals surface area contributed by atoms with Gasteiger partial charge in [-0.05, 0) is 38.6 Å². The number of likely N-dealkylation sites (tertiary alicyclic amines) is 2. The summed E-state index contributed by atoms with van der Waals surface area (Å²) in [4.78, 5) is 27.9. The molecule has 2 rings (SSSR count). The molecule has 0 aliphatic carbocycles. The second kappa shape index (κ2) is 7.25. The zero-order valence-electron chi connectivity index (χ0n) is 13.1. The summed E-state index contributed by atoms with van der Waals surface area (Å²) in [7, 11) is 0. The average molecular weight is 296 g/mol. The van der Waals surface area contributed by atoms with Crippen LogP contribution in [0.25, 0.3) is 0 Å². The first-order valence-corrected chi connectivity index (χ1v) is 8.31. The number of piperidine rings is 1. The van der Waals surface area contributed by atoms with Crippen molar-refractivity contribution in [1.82, 2.24) is 9.80 Å². The van der Waals surface area contributed by atoms with Gasteiger partial charge >= 0.3 is 5.97 Å². The van der Waals surface area contributed by atoms with Crippen molar-refractivity contribution in [3.63, 3.8) is 0 Å². The van der Waals surface area contributed by atoms with E-state index in [4.69, 9.17) is 0 Å². The predicted molar refractivity (Wildman–Crippen MR) is 81.1 cm³/mol. The molecule has 2 saturated heterocycles. The van der Waals surface area contributed by atoms with Crippen molar-refractivity contribution in [1.29, 1.82) is 0 Å². The number of aliphatic carboxylic acids is 1. The Morgan fingerprint density at radius 3 is 2.48 bits per heavy atom. The monoisotopic (exact) mass is 296 g/mol. The molecule has 1 amide bonds. The fourth-order valence-electron chi connectivity index (χ4n) is 3.76. The SMILES string of the molecule is CCC[C@@]1(C(=O)O)CCCN(CCC(=O)N2CCCC2)C1. The van der Waals surface area contributed by atoms with E-state index < -0.39 is 11.4 Å². The van der Waals surface area contributed by atoms with Gasteiger partial charge in [0.2, 0.25) is 5.91 Å². The first-order chi connectivity index (χ1) is 10.1. The molecule has 0 radical (unpaired) electrons. The molecule has 1 N–H and O–H groups in total. The lowest BCUT2D eigenvalue weighted by Crippen LogP contribution is -2.48. The minimum absolute atomic E-state index is 0.231. The lowest BCUT2D eigenvalue weighted by atomic mass is 9.76. The fraction of sp³-hybridized carbons (Fsp3) is 0.875. The number of carboxylic acids is 1. The van der Waals surface area contributed by atoms with Gasteiger partial charge in [-0.15, -0.1) is 0 Å². The van der Waals surface area contributed by atoms with E-state index in [0.717, 1.165) is 58.2 Å². The van der Waals surface area contributed by atoms with Gasteiger partial charge in [-0.3, -0.25) is 9.59 Å². The topological polar surface area (TPSA) is 60.9 Å². The van der Waals surface area contributed by atoms with Crippen LogP contribution in [0, 0.1) is 5.41 Å². The summed E-state index contributed by atoms with van der Waals surface area (Å²) >= 11 is 0. The zero-order valence-corrected chi connectivity index (χ0v) is 13.1. The van der Waals surface area contributed by atoms with Crippen LogP contribution < -0.4 is 0 Å². The maximum atomic E-state index is 12.1. The normalized spacial score (nSPS) is 27.0. The Morgan fingerprint density at radius 2 is 1.86 bits per heavy atom. The fourth-order valence-corrected chi connectivity index (χ4v) is 3.76. The molecule has 2 fully saturated rings. The molecule has 0 bridgehead atoms. The summed E-state index contributed by atoms with van der Waals surface area (Å²) in [6.45, 7) is 6.06. The van der Waals surface area contributed by atoms with Crippen molar-refractivity contribution in [2.24, 2.45) is 5.41 Å². The van der Waals surface area contributed by atoms with E-state index in [0.29, 0.717) is 19.5 Å². The summed E-state index contributed by atoms with van der Waals surface area (Å²) in [5, 5.41) is 9.59. The molecular formula is C16H28N2O3. The molecule has 2 aliphatic heterocycles. The summed E-state index contributed by atoms with van der Waals surface area (Å²) in [6.07, 6.45) is 6.09. The number of amides is 1. The van der Waals surface area contributed by atoms with Crippen molar-refractivity contribution < 1.29 is 14.7 Å². The number of carbonyl (C=O) groups excluding carboxylic acids is 1. The molecule has 0 saturated carbocycles. The molecular weight excluding hydrogens is 268 g/mol. The molecule has 5 heteroatoms. The molecule has 120 valence electrons. The van der Waals surface area contributed by atoms with Crippen LogP contribution in [0.4, 0.5) is 0 Å². The maximum absolute atomic E-state index is 12.1. The summed E-state index contributed by atoms with van der Waals surface area (Å²) in [6, 6.07) is 0. The van der Waals surface area contributed by atoms with Crippen LogP contribution >= 0.6 is 0 Å². The van der Waals surface area contributed by atoms with Crippen LogP contribution in [0.1, 0.15) is 51.9 Å². The standard InChI is InChI=1S/C16H28N2O3/c1-2-7-16(15(20)21)8-5-9-17(13-16)12-6-14(19)18-10-3-4-11-18/h2-13H2,1H3,(H,20,21)/t16-/m1/s1. The van der Waals surface area contributed by atoms with E-state index in [2.05, 4.69) is 4.90 Å². The number of carboxylic acid groups (broad SMARTS) is 1. The quantitative estimate of drug-likeness (QED) is 0.814. The van der Waals surface area contributed by atoms with Gasteiger partial charge in [0.15, 0.2) is 0 Å². The van der Waals surface area contributed by atoms with E-state index in [-0.39, 0.29) is 5.91 Å². The van der Waals surface area contributed by atoms with Gasteiger partial charge in [0.25, 0.3) is 0 Å². The van der Waals surface area contributed by atoms with Gasteiger partial charge in [0, 0.05) is 32.6 Å². The van der Waals surface area contributed by atoms with Gasteiger partial charge in [-0.1, -0.05) is 13.3 Å². The molecule has 0 aromatic carbocycles. The Kier molecular flexibility index (Phi) is 5.62. The van der Waals surface area contributed by atoms with Crippen molar-refractivity contribution in [2.45, 2.75) is 51.9 Å². The predicted octanol–water partition coefficient (Wildman–Crippen LogP) is 1.97. The number of hydrogen-bond donors (Lipinski definition) is 1. The molecule has 0 spiro atoms. The smallest absolute Gasteiger partial charge is 0.310 e. The number of carbonyl (C=O) groups is 2. The van der Waals surface area contributed by atoms with Gasteiger partial charge in [-0.2, -0.15) is 0 Å². The Hall–Kier alpha value is -1.10. The van der Waals surface area contributed by atoms with Crippen LogP contribution in [0.3, 0.4) is 0 Å². The minimum Gasteiger partial charge on any atom is -0.481 e. The Balaban J connectivity index is 1.85. The lowest BCUT2D eigenvalue weighted by molar-refractivity contribution is -0.153. The third-order valence-corrected chi connectivity index (χ3v) is 4.94. The van der Waals surface area contributed by atoms with Crippen LogP contribution in [0.15, 0.2) is 0 Å². The molecule has 1 atom stereocenters. The van der Waals surface area contributed by atoms with E-state index in [1.165, 1.54) is 0 Å². The Morgan fingerprint density at radius 1 is 1.14 bits per heavy atom. The highest BCUT2D eigenvalue weighted by molar-refractivity contribution is 5.77. The molecule has 2 aliphatic rings. The van der Waals surface area contributed by atoms with Gasteiger partial charge in [0.05, 0.1) is 5.41 Å². The van der Waals surface area contributed by atoms with Crippen molar-refractivity contribution in [2.75, 3.05) is 32.7 Å². The van der Waals surface area contributed by atoms with Gasteiger partial charge < -0.3 is 14.9 Å². The van der Waals surface area contributed by atoms with Crippen molar-refractivity contribution in [3.8, 4) is 0 Å². The maximum Gasteiger partial charge on any atom is 0.310 e. The van der Waals surface area contributed by atoms with Gasteiger partial charge in [0.1, 0.15) is 0 Å². The Labute approximate surface area is 127 Å². The van der Waals surface area contributed by atoms with Crippen LogP contribution in [0.5, 0.6) is 0 Å². The second-order valence-electron chi connectivity index (χ2n) is 6.55. The summed E-state index contributed by atoms with van der Waals surface area (Å²) in [5.74, 6) is -0.436. The highest BCUT2D eigenvalue weighted by atomic mass is 16.4. The lowest BCUT2D eigenvalue weighted by Gasteiger charge is -2.40. The van der Waals surface area contributed by atoms with E-state index in [1.54, 1.807) is 0 Å². The van der Waals surface area contributed by atoms with Crippen molar-refractivity contribution >= 4 is 11.9 Å². The molecule has 0 aromatic heterocycles. The summed E-state index contributed by atoms with van der Waals surface area (Å²) in [5.41, 5.74) is -0.594. The third kappa shape index (κ3) is 3.96. The van der Waals surface area contributed by atoms with E-state index in [1.807, 2.05) is 11.8 Å². The van der Waals surface area contributed by atoms with E-state index >= 15 is 0 Å². The highest BCUT2D eigenvalue weighted by Gasteiger charge is 2.41. The summed E-state index contributed by atoms with van der Waals surface area (Å²) < 4.78 is 0. The van der Waals surface area contributed by atoms with Gasteiger partial charge in [-0.25, -0.2) is 0 Å². The molecule has 2 heterocycles. The van der Waals surface area contributed by atoms with Crippen molar-refractivity contribution in [3.05, 3.63) is 0 Å². The highest BCUT2D eigenvalue weighted by Crippen LogP contribution is 2.35. The first kappa shape index (κ1) is 16.3. The number of hydrogen-bond acceptors (Lipinski definition) is 3. The minimum atomic E-state index is -0.667.